The number of nitrogens with one attached hydrogen (secondary N) is 3. The van der Waals surface area contributed by atoms with E-state index < -0.39 is 0 Å². The van der Waals surface area contributed by atoms with E-state index in [2.05, 4.69) is 30.0 Å². The van der Waals surface area contributed by atoms with Crippen molar-refractivity contribution in [3.05, 3.63) is 29.8 Å². The number of nitrogens with zero attached hydrogens (tertiary/aromatic N) is 1. The average Bonchev–Trinajstić information content (AvgIpc) is 3.09. The van der Waals surface area contributed by atoms with E-state index in [-0.39, 0.29) is 11.8 Å². The Morgan fingerprint density at radius 1 is 1.15 bits per heavy atom. The van der Waals surface area contributed by atoms with Crippen LogP contribution in [0.25, 0.3) is 0 Å². The number of rotatable bonds is 3. The van der Waals surface area contributed by atoms with E-state index in [1.807, 2.05) is 6.07 Å². The third-order valence-corrected chi connectivity index (χ3v) is 6.05. The van der Waals surface area contributed by atoms with Crippen LogP contribution in [0.2, 0.25) is 0 Å². The van der Waals surface area contributed by atoms with Crippen molar-refractivity contribution in [2.75, 3.05) is 11.4 Å². The van der Waals surface area contributed by atoms with Crippen molar-refractivity contribution in [3.8, 4) is 0 Å². The molecule has 0 spiro atoms. The normalized spacial score (nSPS) is 25.2. The van der Waals surface area contributed by atoms with Gasteiger partial charge in [0, 0.05) is 19.0 Å². The zero-order valence-corrected chi connectivity index (χ0v) is 16.8. The minimum atomic E-state index is -0.306. The molecule has 7 heteroatoms. The van der Waals surface area contributed by atoms with Crippen LogP contribution >= 0.6 is 12.2 Å². The smallest absolute Gasteiger partial charge is 0.271 e. The van der Waals surface area contributed by atoms with Crippen molar-refractivity contribution in [3.63, 3.8) is 0 Å². The molecule has 1 heterocycles. The number of anilines is 1. The second-order valence-corrected chi connectivity index (χ2v) is 8.00. The first-order chi connectivity index (χ1) is 13.0. The summed E-state index contributed by atoms with van der Waals surface area (Å²) in [7, 11) is 0. The molecule has 1 aromatic carbocycles. The number of carbonyl (C=O) groups is 2. The molecule has 0 unspecified atom stereocenters. The topological polar surface area (TPSA) is 73.5 Å². The molecular formula is C20H28N4O2S. The van der Waals surface area contributed by atoms with Gasteiger partial charge in [0.1, 0.15) is 0 Å². The Bertz CT molecular complexity index is 724. The zero-order valence-electron chi connectivity index (χ0n) is 16.0. The highest BCUT2D eigenvalue weighted by atomic mass is 32.1. The van der Waals surface area contributed by atoms with Gasteiger partial charge in [0.2, 0.25) is 5.91 Å². The van der Waals surface area contributed by atoms with Crippen LogP contribution in [0.5, 0.6) is 0 Å². The van der Waals surface area contributed by atoms with Crippen molar-refractivity contribution in [2.24, 2.45) is 11.8 Å². The van der Waals surface area contributed by atoms with Crippen LogP contribution in [-0.4, -0.2) is 29.5 Å². The lowest BCUT2D eigenvalue weighted by atomic mass is 9.78. The first-order valence-electron chi connectivity index (χ1n) is 9.73. The molecule has 0 radical (unpaired) electrons. The maximum absolute atomic E-state index is 12.6. The van der Waals surface area contributed by atoms with E-state index in [9.17, 15) is 9.59 Å². The van der Waals surface area contributed by atoms with Gasteiger partial charge < -0.3 is 10.2 Å². The lowest BCUT2D eigenvalue weighted by Gasteiger charge is -2.35. The number of hydrogen-bond donors (Lipinski definition) is 3. The fraction of sp³-hybridized carbons (Fsp3) is 0.550. The molecule has 146 valence electrons. The van der Waals surface area contributed by atoms with Gasteiger partial charge in [-0.2, -0.15) is 0 Å². The van der Waals surface area contributed by atoms with Crippen molar-refractivity contribution < 1.29 is 9.59 Å². The highest BCUT2D eigenvalue weighted by molar-refractivity contribution is 7.80. The van der Waals surface area contributed by atoms with E-state index >= 15 is 0 Å². The monoisotopic (exact) mass is 388 g/mol. The molecule has 2 fully saturated rings. The highest BCUT2D eigenvalue weighted by Crippen LogP contribution is 2.29. The SMILES string of the molecule is C[C@H]1[C@@H](NC(=S)NNC(=O)c2ccccc2N2CCCC2=O)CCC[C@@H]1C. The molecule has 3 N–H and O–H groups in total. The first kappa shape index (κ1) is 19.6. The Labute approximate surface area is 166 Å². The Kier molecular flexibility index (Phi) is 6.31. The van der Waals surface area contributed by atoms with Crippen LogP contribution in [0.4, 0.5) is 5.69 Å². The number of amides is 2. The number of thiocarbonyl (C=S) groups is 1. The van der Waals surface area contributed by atoms with Gasteiger partial charge in [0.05, 0.1) is 11.3 Å². The fourth-order valence-electron chi connectivity index (χ4n) is 3.97. The highest BCUT2D eigenvalue weighted by Gasteiger charge is 2.28. The van der Waals surface area contributed by atoms with Crippen LogP contribution in [0.3, 0.4) is 0 Å². The summed E-state index contributed by atoms with van der Waals surface area (Å²) in [6.07, 6.45) is 4.87. The van der Waals surface area contributed by atoms with Gasteiger partial charge in [-0.25, -0.2) is 0 Å². The standard InChI is InChI=1S/C20H28N4O2S/c1-13-7-5-9-16(14(13)2)21-20(27)23-22-19(26)15-8-3-4-10-17(15)24-12-6-11-18(24)25/h3-4,8,10,13-14,16H,5-7,9,11-12H2,1-2H3,(H,22,26)(H2,21,23,27)/t13-,14+,16-/m0/s1. The summed E-state index contributed by atoms with van der Waals surface area (Å²) >= 11 is 5.35. The predicted molar refractivity (Wildman–Crippen MR) is 110 cm³/mol. The molecule has 3 atom stereocenters. The quantitative estimate of drug-likeness (QED) is 0.548. The van der Waals surface area contributed by atoms with Crippen molar-refractivity contribution >= 4 is 34.8 Å². The fourth-order valence-corrected chi connectivity index (χ4v) is 4.18. The molecule has 2 amide bonds. The Morgan fingerprint density at radius 2 is 1.93 bits per heavy atom. The molecule has 1 aromatic rings. The summed E-state index contributed by atoms with van der Waals surface area (Å²) < 4.78 is 0. The summed E-state index contributed by atoms with van der Waals surface area (Å²) in [5.41, 5.74) is 6.58. The molecule has 0 bridgehead atoms. The lowest BCUT2D eigenvalue weighted by molar-refractivity contribution is -0.117. The number of hydrogen-bond acceptors (Lipinski definition) is 3. The van der Waals surface area contributed by atoms with Gasteiger partial charge >= 0.3 is 0 Å². The first-order valence-corrected chi connectivity index (χ1v) is 10.1. The molecule has 1 saturated carbocycles. The number of carbonyl (C=O) groups excluding carboxylic acids is 2. The second-order valence-electron chi connectivity index (χ2n) is 7.59. The second kappa shape index (κ2) is 8.69. The maximum Gasteiger partial charge on any atom is 0.271 e. The van der Waals surface area contributed by atoms with Crippen LogP contribution in [0.15, 0.2) is 24.3 Å². The van der Waals surface area contributed by atoms with Crippen LogP contribution in [0, 0.1) is 11.8 Å². The molecular weight excluding hydrogens is 360 g/mol. The van der Waals surface area contributed by atoms with E-state index in [0.717, 1.165) is 12.8 Å². The van der Waals surface area contributed by atoms with Crippen LogP contribution in [0.1, 0.15) is 56.3 Å². The van der Waals surface area contributed by atoms with E-state index in [1.165, 1.54) is 12.8 Å². The molecule has 1 aliphatic heterocycles. The molecule has 27 heavy (non-hydrogen) atoms. The zero-order chi connectivity index (χ0) is 19.4. The van der Waals surface area contributed by atoms with E-state index in [0.29, 0.717) is 47.2 Å². The van der Waals surface area contributed by atoms with Crippen LogP contribution in [-0.2, 0) is 4.79 Å². The summed E-state index contributed by atoms with van der Waals surface area (Å²) in [5, 5.41) is 3.74. The molecule has 1 aliphatic carbocycles. The minimum absolute atomic E-state index is 0.0563. The van der Waals surface area contributed by atoms with E-state index in [1.54, 1.807) is 23.1 Å². The molecule has 6 nitrogen and oxygen atoms in total. The number of para-hydroxylation sites is 1. The minimum Gasteiger partial charge on any atom is -0.358 e. The summed E-state index contributed by atoms with van der Waals surface area (Å²) in [6.45, 7) is 5.16. The average molecular weight is 389 g/mol. The van der Waals surface area contributed by atoms with Gasteiger partial charge in [-0.15, -0.1) is 0 Å². The Balaban J connectivity index is 1.58. The lowest BCUT2D eigenvalue weighted by Crippen LogP contribution is -2.52. The maximum atomic E-state index is 12.6. The number of hydrazine groups is 1. The van der Waals surface area contributed by atoms with Crippen molar-refractivity contribution in [1.82, 2.24) is 16.2 Å². The van der Waals surface area contributed by atoms with Gasteiger partial charge in [-0.3, -0.25) is 20.4 Å². The number of benzene rings is 1. The third-order valence-electron chi connectivity index (χ3n) is 5.83. The molecule has 2 aliphatic rings. The van der Waals surface area contributed by atoms with Gasteiger partial charge in [0.25, 0.3) is 5.91 Å². The Morgan fingerprint density at radius 3 is 2.67 bits per heavy atom. The summed E-state index contributed by atoms with van der Waals surface area (Å²) in [4.78, 5) is 26.4. The largest absolute Gasteiger partial charge is 0.358 e. The molecule has 0 aromatic heterocycles. The molecule has 3 rings (SSSR count). The predicted octanol–water partition coefficient (Wildman–Crippen LogP) is 2.75. The van der Waals surface area contributed by atoms with E-state index in [4.69, 9.17) is 12.2 Å². The van der Waals surface area contributed by atoms with Gasteiger partial charge in [-0.05, 0) is 49.0 Å². The third kappa shape index (κ3) is 4.58. The van der Waals surface area contributed by atoms with Crippen molar-refractivity contribution in [2.45, 2.75) is 52.0 Å². The summed E-state index contributed by atoms with van der Waals surface area (Å²) in [5.74, 6) is 0.954. The van der Waals surface area contributed by atoms with Crippen molar-refractivity contribution in [1.29, 1.82) is 0 Å². The van der Waals surface area contributed by atoms with Gasteiger partial charge in [-0.1, -0.05) is 38.8 Å². The van der Waals surface area contributed by atoms with Crippen LogP contribution < -0.4 is 21.1 Å². The molecule has 1 saturated heterocycles. The Hall–Kier alpha value is -2.15. The summed E-state index contributed by atoms with van der Waals surface area (Å²) in [6, 6.07) is 7.48. The van der Waals surface area contributed by atoms with Gasteiger partial charge in [0.15, 0.2) is 5.11 Å².